The Kier molecular flexibility index (Phi) is 4.53. The van der Waals surface area contributed by atoms with Crippen LogP contribution < -0.4 is 11.1 Å². The van der Waals surface area contributed by atoms with Gasteiger partial charge in [-0.1, -0.05) is 35.4 Å². The molecule has 0 saturated carbocycles. The molecule has 0 radical (unpaired) electrons. The van der Waals surface area contributed by atoms with Crippen LogP contribution in [0.1, 0.15) is 40.0 Å². The number of rotatable bonds is 4. The van der Waals surface area contributed by atoms with Gasteiger partial charge in [0.15, 0.2) is 0 Å². The molecule has 2 aromatic rings. The lowest BCUT2D eigenvalue weighted by Crippen LogP contribution is -2.12. The molecule has 1 atom stereocenters. The van der Waals surface area contributed by atoms with E-state index < -0.39 is 5.91 Å². The number of nitrogens with two attached hydrogens (primary N) is 1. The Morgan fingerprint density at radius 2 is 1.90 bits per heavy atom. The molecule has 0 aliphatic heterocycles. The molecule has 0 heterocycles. The minimum absolute atomic E-state index is 0.140. The topological polar surface area (TPSA) is 55.1 Å². The number of carbonyl (C=O) groups is 1. The first-order valence-corrected chi connectivity index (χ1v) is 7.19. The zero-order valence-corrected chi connectivity index (χ0v) is 13.2. The van der Waals surface area contributed by atoms with Gasteiger partial charge in [0.05, 0.1) is 10.6 Å². The van der Waals surface area contributed by atoms with Crippen molar-refractivity contribution in [3.8, 4) is 0 Å². The predicted molar refractivity (Wildman–Crippen MR) is 87.9 cm³/mol. The number of anilines is 1. The molecule has 0 saturated heterocycles. The van der Waals surface area contributed by atoms with Gasteiger partial charge >= 0.3 is 0 Å². The first kappa shape index (κ1) is 15.4. The van der Waals surface area contributed by atoms with Crippen LogP contribution in [-0.2, 0) is 0 Å². The molecule has 2 rings (SSSR count). The molecule has 0 aliphatic carbocycles. The smallest absolute Gasteiger partial charge is 0.250 e. The summed E-state index contributed by atoms with van der Waals surface area (Å²) >= 11 is 6.07. The lowest BCUT2D eigenvalue weighted by molar-refractivity contribution is 0.100. The van der Waals surface area contributed by atoms with Crippen molar-refractivity contribution in [2.75, 3.05) is 5.32 Å². The molecule has 3 nitrogen and oxygen atoms in total. The van der Waals surface area contributed by atoms with Gasteiger partial charge in [0.25, 0.3) is 0 Å². The van der Waals surface area contributed by atoms with Crippen LogP contribution in [0.15, 0.2) is 36.4 Å². The van der Waals surface area contributed by atoms with Crippen LogP contribution in [0.4, 0.5) is 5.69 Å². The molecule has 3 N–H and O–H groups in total. The van der Waals surface area contributed by atoms with Gasteiger partial charge in [-0.2, -0.15) is 0 Å². The molecule has 0 aromatic heterocycles. The summed E-state index contributed by atoms with van der Waals surface area (Å²) in [5, 5.41) is 3.75. The minimum Gasteiger partial charge on any atom is -0.378 e. The van der Waals surface area contributed by atoms with Crippen molar-refractivity contribution in [3.05, 3.63) is 63.7 Å². The molecule has 4 heteroatoms. The highest BCUT2D eigenvalue weighted by molar-refractivity contribution is 6.34. The van der Waals surface area contributed by atoms with E-state index in [0.29, 0.717) is 10.6 Å². The summed E-state index contributed by atoms with van der Waals surface area (Å²) in [7, 11) is 0. The Balaban J connectivity index is 2.21. The predicted octanol–water partition coefficient (Wildman–Crippen LogP) is 4.23. The van der Waals surface area contributed by atoms with E-state index in [1.807, 2.05) is 6.07 Å². The summed E-state index contributed by atoms with van der Waals surface area (Å²) in [5.74, 6) is -0.519. The first-order valence-electron chi connectivity index (χ1n) is 6.81. The third-order valence-corrected chi connectivity index (χ3v) is 3.82. The summed E-state index contributed by atoms with van der Waals surface area (Å²) in [5.41, 5.74) is 10.2. The molecule has 1 amide bonds. The average Bonchev–Trinajstić information content (AvgIpc) is 2.37. The summed E-state index contributed by atoms with van der Waals surface area (Å²) in [6, 6.07) is 11.7. The molecule has 2 aromatic carbocycles. The maximum atomic E-state index is 11.2. The second kappa shape index (κ2) is 6.19. The van der Waals surface area contributed by atoms with Crippen molar-refractivity contribution in [2.45, 2.75) is 26.8 Å². The SMILES string of the molecule is Cc1ccc(C(C)Nc2ccc(C(N)=O)c(Cl)c2)c(C)c1. The highest BCUT2D eigenvalue weighted by Gasteiger charge is 2.11. The minimum atomic E-state index is -0.519. The first-order chi connectivity index (χ1) is 9.88. The summed E-state index contributed by atoms with van der Waals surface area (Å²) in [6.07, 6.45) is 0. The van der Waals surface area contributed by atoms with Crippen molar-refractivity contribution in [2.24, 2.45) is 5.73 Å². The third-order valence-electron chi connectivity index (χ3n) is 3.51. The number of hydrogen-bond acceptors (Lipinski definition) is 2. The molecule has 0 spiro atoms. The van der Waals surface area contributed by atoms with Crippen LogP contribution in [-0.4, -0.2) is 5.91 Å². The van der Waals surface area contributed by atoms with E-state index in [0.717, 1.165) is 5.69 Å². The van der Waals surface area contributed by atoms with Gasteiger partial charge in [-0.15, -0.1) is 0 Å². The number of halogens is 1. The molecule has 0 bridgehead atoms. The molecule has 21 heavy (non-hydrogen) atoms. The molecule has 0 fully saturated rings. The Labute approximate surface area is 130 Å². The van der Waals surface area contributed by atoms with Crippen molar-refractivity contribution in [1.82, 2.24) is 0 Å². The van der Waals surface area contributed by atoms with Crippen LogP contribution in [0.5, 0.6) is 0 Å². The number of nitrogens with one attached hydrogen (secondary N) is 1. The fraction of sp³-hybridized carbons (Fsp3) is 0.235. The quantitative estimate of drug-likeness (QED) is 0.888. The van der Waals surface area contributed by atoms with E-state index in [9.17, 15) is 4.79 Å². The molecular formula is C17H19ClN2O. The van der Waals surface area contributed by atoms with E-state index in [-0.39, 0.29) is 6.04 Å². The van der Waals surface area contributed by atoms with E-state index in [1.165, 1.54) is 16.7 Å². The third kappa shape index (κ3) is 3.56. The maximum Gasteiger partial charge on any atom is 0.250 e. The lowest BCUT2D eigenvalue weighted by Gasteiger charge is -2.19. The van der Waals surface area contributed by atoms with Gasteiger partial charge in [-0.25, -0.2) is 0 Å². The Bertz CT molecular complexity index is 682. The van der Waals surface area contributed by atoms with E-state index in [4.69, 9.17) is 17.3 Å². The van der Waals surface area contributed by atoms with Crippen LogP contribution in [0, 0.1) is 13.8 Å². The summed E-state index contributed by atoms with van der Waals surface area (Å²) < 4.78 is 0. The Morgan fingerprint density at radius 1 is 1.19 bits per heavy atom. The fourth-order valence-electron chi connectivity index (χ4n) is 2.44. The Hall–Kier alpha value is -2.00. The largest absolute Gasteiger partial charge is 0.378 e. The second-order valence-corrected chi connectivity index (χ2v) is 5.69. The maximum absolute atomic E-state index is 11.2. The van der Waals surface area contributed by atoms with Crippen LogP contribution in [0.3, 0.4) is 0 Å². The monoisotopic (exact) mass is 302 g/mol. The normalized spacial score (nSPS) is 12.0. The van der Waals surface area contributed by atoms with Crippen molar-refractivity contribution in [1.29, 1.82) is 0 Å². The van der Waals surface area contributed by atoms with Crippen molar-refractivity contribution in [3.63, 3.8) is 0 Å². The highest BCUT2D eigenvalue weighted by Crippen LogP contribution is 2.26. The molecule has 1 unspecified atom stereocenters. The lowest BCUT2D eigenvalue weighted by atomic mass is 10.00. The zero-order chi connectivity index (χ0) is 15.6. The average molecular weight is 303 g/mol. The van der Waals surface area contributed by atoms with E-state index >= 15 is 0 Å². The van der Waals surface area contributed by atoms with E-state index in [1.54, 1.807) is 12.1 Å². The number of benzene rings is 2. The van der Waals surface area contributed by atoms with Crippen LogP contribution >= 0.6 is 11.6 Å². The van der Waals surface area contributed by atoms with Gasteiger partial charge in [0, 0.05) is 11.7 Å². The molecule has 110 valence electrons. The molecule has 0 aliphatic rings. The number of hydrogen-bond donors (Lipinski definition) is 2. The number of carbonyl (C=O) groups excluding carboxylic acids is 1. The second-order valence-electron chi connectivity index (χ2n) is 5.28. The van der Waals surface area contributed by atoms with Gasteiger partial charge in [-0.3, -0.25) is 4.79 Å². The summed E-state index contributed by atoms with van der Waals surface area (Å²) in [6.45, 7) is 6.27. The van der Waals surface area contributed by atoms with Crippen molar-refractivity contribution >= 4 is 23.2 Å². The van der Waals surface area contributed by atoms with E-state index in [2.05, 4.69) is 44.3 Å². The fourth-order valence-corrected chi connectivity index (χ4v) is 2.72. The van der Waals surface area contributed by atoms with Crippen LogP contribution in [0.25, 0.3) is 0 Å². The number of primary amides is 1. The van der Waals surface area contributed by atoms with Gasteiger partial charge in [0.1, 0.15) is 0 Å². The highest BCUT2D eigenvalue weighted by atomic mass is 35.5. The van der Waals surface area contributed by atoms with Gasteiger partial charge in [0.2, 0.25) is 5.91 Å². The van der Waals surface area contributed by atoms with Crippen LogP contribution in [0.2, 0.25) is 5.02 Å². The zero-order valence-electron chi connectivity index (χ0n) is 12.4. The van der Waals surface area contributed by atoms with Crippen molar-refractivity contribution < 1.29 is 4.79 Å². The van der Waals surface area contributed by atoms with Gasteiger partial charge in [-0.05, 0) is 50.1 Å². The number of aryl methyl sites for hydroxylation is 2. The van der Waals surface area contributed by atoms with Gasteiger partial charge < -0.3 is 11.1 Å². The Morgan fingerprint density at radius 3 is 2.48 bits per heavy atom. The standard InChI is InChI=1S/C17H19ClN2O/c1-10-4-6-14(11(2)8-10)12(3)20-13-5-7-15(17(19)21)16(18)9-13/h4-9,12,20H,1-3H3,(H2,19,21). The summed E-state index contributed by atoms with van der Waals surface area (Å²) in [4.78, 5) is 11.2. The molecular weight excluding hydrogens is 284 g/mol. The number of amides is 1.